The number of aryl methyl sites for hydroxylation is 1. The third-order valence-electron chi connectivity index (χ3n) is 2.36. The Morgan fingerprint density at radius 3 is 2.50 bits per heavy atom. The lowest BCUT2D eigenvalue weighted by Gasteiger charge is -2.05. The van der Waals surface area contributed by atoms with Crippen LogP contribution in [0.3, 0.4) is 0 Å². The predicted molar refractivity (Wildman–Crippen MR) is 61.5 cm³/mol. The summed E-state index contributed by atoms with van der Waals surface area (Å²) in [6.45, 7) is 3.73. The summed E-state index contributed by atoms with van der Waals surface area (Å²) in [5, 5.41) is 0. The first kappa shape index (κ1) is 12.4. The number of esters is 1. The van der Waals surface area contributed by atoms with E-state index in [4.69, 9.17) is 0 Å². The molecule has 1 aromatic carbocycles. The first-order valence-electron chi connectivity index (χ1n) is 5.27. The number of ketones is 1. The second-order valence-corrected chi connectivity index (χ2v) is 3.74. The van der Waals surface area contributed by atoms with Crippen molar-refractivity contribution in [1.82, 2.24) is 0 Å². The average Bonchev–Trinajstić information content (AvgIpc) is 2.27. The zero-order chi connectivity index (χ0) is 12.1. The van der Waals surface area contributed by atoms with Crippen molar-refractivity contribution in [3.05, 3.63) is 34.9 Å². The molecule has 0 aliphatic rings. The summed E-state index contributed by atoms with van der Waals surface area (Å²) in [7, 11) is 1.36. The monoisotopic (exact) mass is 220 g/mol. The van der Waals surface area contributed by atoms with Gasteiger partial charge < -0.3 is 4.74 Å². The fourth-order valence-electron chi connectivity index (χ4n) is 1.57. The molecule has 0 amide bonds. The summed E-state index contributed by atoms with van der Waals surface area (Å²) in [6, 6.07) is 5.49. The molecule has 0 fully saturated rings. The van der Waals surface area contributed by atoms with Gasteiger partial charge in [-0.3, -0.25) is 9.59 Å². The quantitative estimate of drug-likeness (QED) is 0.577. The molecule has 0 aromatic heterocycles. The fourth-order valence-corrected chi connectivity index (χ4v) is 1.57. The van der Waals surface area contributed by atoms with Gasteiger partial charge in [0, 0.05) is 12.0 Å². The van der Waals surface area contributed by atoms with Crippen LogP contribution in [0.5, 0.6) is 0 Å². The Morgan fingerprint density at radius 1 is 1.25 bits per heavy atom. The van der Waals surface area contributed by atoms with E-state index < -0.39 is 0 Å². The van der Waals surface area contributed by atoms with Crippen LogP contribution in [0.1, 0.15) is 34.8 Å². The van der Waals surface area contributed by atoms with Crippen molar-refractivity contribution >= 4 is 11.8 Å². The highest BCUT2D eigenvalue weighted by Crippen LogP contribution is 2.12. The lowest BCUT2D eigenvalue weighted by atomic mass is 10.0. The van der Waals surface area contributed by atoms with Crippen molar-refractivity contribution in [2.75, 3.05) is 7.11 Å². The second kappa shape index (κ2) is 5.45. The maximum Gasteiger partial charge on any atom is 0.309 e. The number of carbonyl (C=O) groups excluding carboxylic acids is 2. The van der Waals surface area contributed by atoms with Crippen LogP contribution in [-0.2, 0) is 16.0 Å². The van der Waals surface area contributed by atoms with Gasteiger partial charge in [-0.1, -0.05) is 18.6 Å². The Kier molecular flexibility index (Phi) is 4.23. The second-order valence-electron chi connectivity index (χ2n) is 3.74. The molecule has 0 spiro atoms. The topological polar surface area (TPSA) is 43.4 Å². The van der Waals surface area contributed by atoms with Gasteiger partial charge in [0.25, 0.3) is 0 Å². The van der Waals surface area contributed by atoms with Gasteiger partial charge in [-0.25, -0.2) is 0 Å². The number of Topliss-reactive ketones (excluding diaryl/α,β-unsaturated/α-hetero) is 1. The molecule has 1 aromatic rings. The fraction of sp³-hybridized carbons (Fsp3) is 0.385. The molecule has 0 saturated carbocycles. The van der Waals surface area contributed by atoms with E-state index in [0.29, 0.717) is 12.0 Å². The number of rotatable bonds is 4. The van der Waals surface area contributed by atoms with Crippen molar-refractivity contribution in [2.24, 2.45) is 0 Å². The predicted octanol–water partition coefficient (Wildman–Crippen LogP) is 2.30. The first-order valence-corrected chi connectivity index (χ1v) is 5.27. The summed E-state index contributed by atoms with van der Waals surface area (Å²) in [5.41, 5.74) is 2.48. The smallest absolute Gasteiger partial charge is 0.309 e. The van der Waals surface area contributed by atoms with Gasteiger partial charge in [0.15, 0.2) is 5.78 Å². The number of ether oxygens (including phenoxy) is 1. The van der Waals surface area contributed by atoms with Gasteiger partial charge in [-0.05, 0) is 24.6 Å². The summed E-state index contributed by atoms with van der Waals surface area (Å²) in [5.74, 6) is -0.199. The van der Waals surface area contributed by atoms with Crippen LogP contribution in [0.4, 0.5) is 0 Å². The van der Waals surface area contributed by atoms with E-state index in [9.17, 15) is 9.59 Å². The maximum atomic E-state index is 11.6. The third kappa shape index (κ3) is 3.19. The number of methoxy groups -OCH3 is 1. The molecule has 0 saturated heterocycles. The molecular formula is C13H16O3. The van der Waals surface area contributed by atoms with Crippen molar-refractivity contribution in [1.29, 1.82) is 0 Å². The molecule has 0 aliphatic heterocycles. The zero-order valence-electron chi connectivity index (χ0n) is 9.87. The highest BCUT2D eigenvalue weighted by molar-refractivity contribution is 5.96. The van der Waals surface area contributed by atoms with Gasteiger partial charge >= 0.3 is 5.97 Å². The number of hydrogen-bond donors (Lipinski definition) is 0. The van der Waals surface area contributed by atoms with E-state index in [1.807, 2.05) is 26.0 Å². The van der Waals surface area contributed by atoms with Crippen LogP contribution >= 0.6 is 0 Å². The molecular weight excluding hydrogens is 204 g/mol. The largest absolute Gasteiger partial charge is 0.469 e. The SMILES string of the molecule is CCC(=O)c1cc(C)cc(CC(=O)OC)c1. The van der Waals surface area contributed by atoms with Crippen LogP contribution in [0.15, 0.2) is 18.2 Å². The van der Waals surface area contributed by atoms with Gasteiger partial charge in [0.1, 0.15) is 0 Å². The summed E-state index contributed by atoms with van der Waals surface area (Å²) in [6.07, 6.45) is 0.684. The minimum absolute atomic E-state index is 0.0924. The summed E-state index contributed by atoms with van der Waals surface area (Å²) < 4.78 is 4.60. The van der Waals surface area contributed by atoms with Crippen LogP contribution in [-0.4, -0.2) is 18.9 Å². The summed E-state index contributed by atoms with van der Waals surface area (Å²) >= 11 is 0. The van der Waals surface area contributed by atoms with Crippen LogP contribution < -0.4 is 0 Å². The molecule has 16 heavy (non-hydrogen) atoms. The number of benzene rings is 1. The van der Waals surface area contributed by atoms with Crippen LogP contribution in [0.25, 0.3) is 0 Å². The van der Waals surface area contributed by atoms with E-state index in [1.165, 1.54) is 7.11 Å². The zero-order valence-corrected chi connectivity index (χ0v) is 9.87. The van der Waals surface area contributed by atoms with Crippen molar-refractivity contribution < 1.29 is 14.3 Å². The van der Waals surface area contributed by atoms with E-state index in [2.05, 4.69) is 4.74 Å². The van der Waals surface area contributed by atoms with Crippen molar-refractivity contribution in [3.8, 4) is 0 Å². The highest BCUT2D eigenvalue weighted by Gasteiger charge is 2.08. The van der Waals surface area contributed by atoms with Gasteiger partial charge in [-0.15, -0.1) is 0 Å². The standard InChI is InChI=1S/C13H16O3/c1-4-12(14)11-6-9(2)5-10(7-11)8-13(15)16-3/h5-7H,4,8H2,1-3H3. The lowest BCUT2D eigenvalue weighted by molar-refractivity contribution is -0.139. The Labute approximate surface area is 95.4 Å². The number of carbonyl (C=O) groups is 2. The Hall–Kier alpha value is -1.64. The van der Waals surface area contributed by atoms with Gasteiger partial charge in [0.05, 0.1) is 13.5 Å². The highest BCUT2D eigenvalue weighted by atomic mass is 16.5. The molecule has 0 unspecified atom stereocenters. The van der Waals surface area contributed by atoms with Gasteiger partial charge in [-0.2, -0.15) is 0 Å². The average molecular weight is 220 g/mol. The first-order chi connectivity index (χ1) is 7.56. The normalized spacial score (nSPS) is 9.94. The maximum absolute atomic E-state index is 11.6. The van der Waals surface area contributed by atoms with Crippen molar-refractivity contribution in [2.45, 2.75) is 26.7 Å². The van der Waals surface area contributed by atoms with Gasteiger partial charge in [0.2, 0.25) is 0 Å². The van der Waals surface area contributed by atoms with Crippen LogP contribution in [0, 0.1) is 6.92 Å². The van der Waals surface area contributed by atoms with Crippen LogP contribution in [0.2, 0.25) is 0 Å². The molecule has 0 N–H and O–H groups in total. The Morgan fingerprint density at radius 2 is 1.94 bits per heavy atom. The lowest BCUT2D eigenvalue weighted by Crippen LogP contribution is -2.06. The minimum atomic E-state index is -0.291. The third-order valence-corrected chi connectivity index (χ3v) is 2.36. The van der Waals surface area contributed by atoms with E-state index in [-0.39, 0.29) is 18.2 Å². The summed E-state index contributed by atoms with van der Waals surface area (Å²) in [4.78, 5) is 22.7. The molecule has 0 atom stereocenters. The van der Waals surface area contributed by atoms with E-state index >= 15 is 0 Å². The molecule has 3 heteroatoms. The molecule has 0 heterocycles. The molecule has 1 rings (SSSR count). The Balaban J connectivity index is 2.98. The van der Waals surface area contributed by atoms with E-state index in [1.54, 1.807) is 6.07 Å². The molecule has 0 aliphatic carbocycles. The molecule has 0 radical (unpaired) electrons. The minimum Gasteiger partial charge on any atom is -0.469 e. The number of hydrogen-bond acceptors (Lipinski definition) is 3. The van der Waals surface area contributed by atoms with E-state index in [0.717, 1.165) is 11.1 Å². The molecule has 86 valence electrons. The molecule has 0 bridgehead atoms. The van der Waals surface area contributed by atoms with Crippen molar-refractivity contribution in [3.63, 3.8) is 0 Å². The Bertz CT molecular complexity index is 408. The molecule has 3 nitrogen and oxygen atoms in total.